The molecule has 15 heavy (non-hydrogen) atoms. The van der Waals surface area contributed by atoms with Crippen molar-refractivity contribution in [3.05, 3.63) is 27.3 Å². The second-order valence-corrected chi connectivity index (χ2v) is 5.06. The maximum absolute atomic E-state index is 10.8. The van der Waals surface area contributed by atoms with E-state index in [2.05, 4.69) is 0 Å². The van der Waals surface area contributed by atoms with Crippen molar-refractivity contribution in [3.63, 3.8) is 0 Å². The van der Waals surface area contributed by atoms with Gasteiger partial charge in [-0.3, -0.25) is 4.55 Å². The third-order valence-electron chi connectivity index (χ3n) is 1.45. The number of aromatic carboxylic acids is 1. The molecule has 1 aromatic rings. The first kappa shape index (κ1) is 16.0. The molecule has 2 N–H and O–H groups in total. The number of benzene rings is 1. The van der Waals surface area contributed by atoms with Crippen LogP contribution < -0.4 is 0 Å². The van der Waals surface area contributed by atoms with Gasteiger partial charge in [0, 0.05) is 55.0 Å². The Morgan fingerprint density at radius 2 is 1.87 bits per heavy atom. The minimum Gasteiger partial charge on any atom is -0.478 e. The maximum Gasteiger partial charge on any atom is 0.337 e. The van der Waals surface area contributed by atoms with Crippen LogP contribution in [0, 0.1) is 3.57 Å². The number of hydrogen-bond acceptors (Lipinski definition) is 3. The third kappa shape index (κ3) is 4.38. The Morgan fingerprint density at radius 1 is 1.33 bits per heavy atom. The van der Waals surface area contributed by atoms with Crippen LogP contribution in [0.5, 0.6) is 0 Å². The molecular formula is C7H5IKO5S. The van der Waals surface area contributed by atoms with Gasteiger partial charge in [0.25, 0.3) is 10.1 Å². The molecule has 1 aromatic carbocycles. The van der Waals surface area contributed by atoms with Gasteiger partial charge in [0.2, 0.25) is 0 Å². The normalized spacial score (nSPS) is 10.5. The third-order valence-corrected chi connectivity index (χ3v) is 3.02. The van der Waals surface area contributed by atoms with Crippen molar-refractivity contribution in [1.82, 2.24) is 0 Å². The summed E-state index contributed by atoms with van der Waals surface area (Å²) in [5, 5.41) is 8.64. The molecule has 0 atom stereocenters. The fourth-order valence-corrected chi connectivity index (χ4v) is 2.30. The predicted octanol–water partition coefficient (Wildman–Crippen LogP) is 0.855. The zero-order chi connectivity index (χ0) is 10.9. The Kier molecular flexibility index (Phi) is 6.44. The van der Waals surface area contributed by atoms with Crippen LogP contribution in [0.2, 0.25) is 0 Å². The summed E-state index contributed by atoms with van der Waals surface area (Å²) in [5.41, 5.74) is -0.437. The predicted molar refractivity (Wildman–Crippen MR) is 61.7 cm³/mol. The van der Waals surface area contributed by atoms with E-state index in [-0.39, 0.29) is 51.4 Å². The van der Waals surface area contributed by atoms with E-state index in [1.165, 1.54) is 6.07 Å². The summed E-state index contributed by atoms with van der Waals surface area (Å²) in [7, 11) is -4.49. The van der Waals surface area contributed by atoms with Gasteiger partial charge < -0.3 is 5.11 Å². The van der Waals surface area contributed by atoms with Gasteiger partial charge in [0.1, 0.15) is 4.90 Å². The van der Waals surface area contributed by atoms with Crippen molar-refractivity contribution in [1.29, 1.82) is 0 Å². The van der Waals surface area contributed by atoms with Crippen LogP contribution in [0.25, 0.3) is 0 Å². The van der Waals surface area contributed by atoms with Crippen LogP contribution in [0.15, 0.2) is 23.1 Å². The summed E-state index contributed by atoms with van der Waals surface area (Å²) in [6.45, 7) is 0. The Labute approximate surface area is 143 Å². The largest absolute Gasteiger partial charge is 0.478 e. The molecule has 0 heterocycles. The molecule has 8 heteroatoms. The quantitative estimate of drug-likeness (QED) is 0.460. The molecule has 77 valence electrons. The number of carboxylic acid groups (broad SMARTS) is 1. The van der Waals surface area contributed by atoms with E-state index < -0.39 is 26.5 Å². The Morgan fingerprint density at radius 3 is 2.27 bits per heavy atom. The molecule has 1 rings (SSSR count). The fourth-order valence-electron chi connectivity index (χ4n) is 0.886. The molecule has 0 fully saturated rings. The number of carboxylic acids is 1. The van der Waals surface area contributed by atoms with Gasteiger partial charge in [-0.2, -0.15) is 8.42 Å². The summed E-state index contributed by atoms with van der Waals surface area (Å²) in [6.07, 6.45) is 0. The van der Waals surface area contributed by atoms with Crippen LogP contribution in [0.1, 0.15) is 10.4 Å². The van der Waals surface area contributed by atoms with Crippen molar-refractivity contribution in [2.75, 3.05) is 0 Å². The molecule has 0 unspecified atom stereocenters. The van der Waals surface area contributed by atoms with Crippen molar-refractivity contribution in [2.24, 2.45) is 0 Å². The van der Waals surface area contributed by atoms with Gasteiger partial charge in [-0.25, -0.2) is 4.79 Å². The minimum atomic E-state index is -4.49. The Balaban J connectivity index is 0.00000196. The number of hydrogen-bond donors (Lipinski definition) is 2. The van der Waals surface area contributed by atoms with Gasteiger partial charge in [0.15, 0.2) is 0 Å². The van der Waals surface area contributed by atoms with E-state index >= 15 is 0 Å². The molecule has 0 saturated heterocycles. The number of rotatable bonds is 2. The molecular weight excluding hydrogens is 362 g/mol. The van der Waals surface area contributed by atoms with Gasteiger partial charge in [-0.15, -0.1) is 0 Å². The maximum atomic E-state index is 10.8. The average Bonchev–Trinajstić information content (AvgIpc) is 2.01. The Hall–Kier alpha value is 0.966. The summed E-state index contributed by atoms with van der Waals surface area (Å²) in [4.78, 5) is 10.0. The summed E-state index contributed by atoms with van der Waals surface area (Å²) in [6, 6.07) is 3.67. The molecule has 0 aromatic heterocycles. The molecule has 0 bridgehead atoms. The molecule has 1 radical (unpaired) electrons. The van der Waals surface area contributed by atoms with Crippen LogP contribution in [-0.2, 0) is 10.1 Å². The van der Waals surface area contributed by atoms with Gasteiger partial charge in [-0.05, 0) is 40.8 Å². The Bertz CT molecular complexity index is 484. The first-order valence-electron chi connectivity index (χ1n) is 3.32. The van der Waals surface area contributed by atoms with Gasteiger partial charge >= 0.3 is 5.97 Å². The molecule has 0 aliphatic rings. The van der Waals surface area contributed by atoms with E-state index in [1.807, 2.05) is 22.6 Å². The summed E-state index contributed by atoms with van der Waals surface area (Å²) < 4.78 is 30.9. The van der Waals surface area contributed by atoms with E-state index in [0.29, 0.717) is 3.57 Å². The molecule has 0 spiro atoms. The van der Waals surface area contributed by atoms with Crippen molar-refractivity contribution >= 4 is 90.1 Å². The molecule has 5 nitrogen and oxygen atoms in total. The average molecular weight is 367 g/mol. The van der Waals surface area contributed by atoms with E-state index in [9.17, 15) is 13.2 Å². The van der Waals surface area contributed by atoms with Gasteiger partial charge in [-0.1, -0.05) is 0 Å². The van der Waals surface area contributed by atoms with E-state index in [0.717, 1.165) is 12.1 Å². The second kappa shape index (κ2) is 6.05. The minimum absolute atomic E-state index is 0. The second-order valence-electron chi connectivity index (χ2n) is 2.42. The molecule has 0 amide bonds. The van der Waals surface area contributed by atoms with E-state index in [4.69, 9.17) is 9.66 Å². The van der Waals surface area contributed by atoms with Crippen LogP contribution in [0.3, 0.4) is 0 Å². The first-order chi connectivity index (χ1) is 6.32. The van der Waals surface area contributed by atoms with Gasteiger partial charge in [0.05, 0.1) is 5.56 Å². The van der Waals surface area contributed by atoms with Crippen LogP contribution in [-0.4, -0.2) is 75.4 Å². The molecule has 0 saturated carbocycles. The molecule has 0 aliphatic heterocycles. The SMILES string of the molecule is O=C(O)c1ccc(I)cc1S(=O)(=O)O.[K]. The van der Waals surface area contributed by atoms with Crippen molar-refractivity contribution in [2.45, 2.75) is 4.90 Å². The number of carbonyl (C=O) groups is 1. The molecule has 0 aliphatic carbocycles. The first-order valence-corrected chi connectivity index (χ1v) is 5.84. The monoisotopic (exact) mass is 367 g/mol. The van der Waals surface area contributed by atoms with E-state index in [1.54, 1.807) is 0 Å². The zero-order valence-corrected chi connectivity index (χ0v) is 13.7. The van der Waals surface area contributed by atoms with Crippen LogP contribution >= 0.6 is 22.6 Å². The zero-order valence-electron chi connectivity index (χ0n) is 7.64. The van der Waals surface area contributed by atoms with Crippen molar-refractivity contribution in [3.8, 4) is 0 Å². The summed E-state index contributed by atoms with van der Waals surface area (Å²) in [5.74, 6) is -1.39. The topological polar surface area (TPSA) is 91.7 Å². The van der Waals surface area contributed by atoms with Crippen LogP contribution in [0.4, 0.5) is 0 Å². The smallest absolute Gasteiger partial charge is 0.337 e. The summed E-state index contributed by atoms with van der Waals surface area (Å²) >= 11 is 1.82. The standard InChI is InChI=1S/C7H5IO5S.K/c8-4-1-2-5(7(9)10)6(3-4)14(11,12)13;/h1-3H,(H,9,10)(H,11,12,13);. The fraction of sp³-hybridized carbons (Fsp3) is 0. The van der Waals surface area contributed by atoms with Crippen molar-refractivity contribution < 1.29 is 22.9 Å². The number of halogens is 1.